The number of esters is 1. The van der Waals surface area contributed by atoms with Crippen LogP contribution in [-0.2, 0) is 9.53 Å². The summed E-state index contributed by atoms with van der Waals surface area (Å²) in [6, 6.07) is 23.6. The SMILES string of the molecule is CCOC(=O)C1=NN(c2ccc(C)cc2)C(c2cn(-c3ccccc3)nc2-c2ccc(OC)c(OC)c2)N1C. The zero-order valence-corrected chi connectivity index (χ0v) is 22.7. The van der Waals surface area contributed by atoms with Crippen LogP contribution in [0.1, 0.15) is 24.2 Å². The highest BCUT2D eigenvalue weighted by molar-refractivity contribution is 6.36. The summed E-state index contributed by atoms with van der Waals surface area (Å²) >= 11 is 0. The highest BCUT2D eigenvalue weighted by atomic mass is 16.5. The van der Waals surface area contributed by atoms with Crippen molar-refractivity contribution in [1.82, 2.24) is 14.7 Å². The molecule has 200 valence electrons. The van der Waals surface area contributed by atoms with Gasteiger partial charge < -0.3 is 19.1 Å². The fourth-order valence-corrected chi connectivity index (χ4v) is 4.62. The lowest BCUT2D eigenvalue weighted by atomic mass is 10.0. The molecule has 0 bridgehead atoms. The summed E-state index contributed by atoms with van der Waals surface area (Å²) in [4.78, 5) is 14.8. The largest absolute Gasteiger partial charge is 0.493 e. The Hall–Kier alpha value is -4.79. The molecule has 0 N–H and O–H groups in total. The Morgan fingerprint density at radius 3 is 2.31 bits per heavy atom. The second-order valence-electron chi connectivity index (χ2n) is 9.09. The number of hydrogen-bond donors (Lipinski definition) is 0. The highest BCUT2D eigenvalue weighted by Crippen LogP contribution is 2.41. The quantitative estimate of drug-likeness (QED) is 0.293. The molecule has 9 heteroatoms. The van der Waals surface area contributed by atoms with E-state index < -0.39 is 12.1 Å². The minimum absolute atomic E-state index is 0.216. The summed E-state index contributed by atoms with van der Waals surface area (Å²) in [7, 11) is 5.05. The van der Waals surface area contributed by atoms with Gasteiger partial charge >= 0.3 is 5.97 Å². The van der Waals surface area contributed by atoms with Gasteiger partial charge in [-0.1, -0.05) is 35.9 Å². The third-order valence-electron chi connectivity index (χ3n) is 6.59. The maximum absolute atomic E-state index is 12.9. The molecule has 0 radical (unpaired) electrons. The number of carbonyl (C=O) groups is 1. The maximum Gasteiger partial charge on any atom is 0.376 e. The average molecular weight is 526 g/mol. The van der Waals surface area contributed by atoms with Crippen molar-refractivity contribution < 1.29 is 19.0 Å². The van der Waals surface area contributed by atoms with Crippen LogP contribution in [0.3, 0.4) is 0 Å². The molecule has 1 aliphatic rings. The van der Waals surface area contributed by atoms with Crippen molar-refractivity contribution in [1.29, 1.82) is 0 Å². The van der Waals surface area contributed by atoms with Gasteiger partial charge in [0.2, 0.25) is 5.84 Å². The zero-order chi connectivity index (χ0) is 27.5. The summed E-state index contributed by atoms with van der Waals surface area (Å²) in [5, 5.41) is 11.6. The molecule has 0 saturated carbocycles. The number of aryl methyl sites for hydroxylation is 1. The molecule has 1 aliphatic heterocycles. The molecule has 3 aromatic carbocycles. The second-order valence-corrected chi connectivity index (χ2v) is 9.09. The van der Waals surface area contributed by atoms with Crippen LogP contribution in [0.15, 0.2) is 84.1 Å². The van der Waals surface area contributed by atoms with Crippen LogP contribution in [-0.4, -0.2) is 54.4 Å². The molecule has 0 spiro atoms. The number of likely N-dealkylation sites (N-methyl/N-ethyl adjacent to an activating group) is 1. The van der Waals surface area contributed by atoms with Gasteiger partial charge in [-0.3, -0.25) is 0 Å². The van der Waals surface area contributed by atoms with Gasteiger partial charge in [0, 0.05) is 24.4 Å². The second kappa shape index (κ2) is 10.9. The molecule has 0 amide bonds. The predicted molar refractivity (Wildman–Crippen MR) is 150 cm³/mol. The summed E-state index contributed by atoms with van der Waals surface area (Å²) in [5.41, 5.74) is 5.26. The number of rotatable bonds is 8. The van der Waals surface area contributed by atoms with Crippen LogP contribution in [0.5, 0.6) is 11.5 Å². The first-order chi connectivity index (χ1) is 18.9. The van der Waals surface area contributed by atoms with E-state index >= 15 is 0 Å². The van der Waals surface area contributed by atoms with E-state index in [1.807, 2.05) is 108 Å². The monoisotopic (exact) mass is 525 g/mol. The number of hydrogen-bond acceptors (Lipinski definition) is 8. The summed E-state index contributed by atoms with van der Waals surface area (Å²) < 4.78 is 18.2. The zero-order valence-electron chi connectivity index (χ0n) is 22.7. The van der Waals surface area contributed by atoms with Crippen molar-refractivity contribution in [2.24, 2.45) is 5.10 Å². The fraction of sp³-hybridized carbons (Fsp3) is 0.233. The molecule has 2 heterocycles. The molecule has 5 rings (SSSR count). The maximum atomic E-state index is 12.9. The molecule has 1 atom stereocenters. The Kier molecular flexibility index (Phi) is 7.23. The summed E-state index contributed by atoms with van der Waals surface area (Å²) in [5.74, 6) is 0.946. The van der Waals surface area contributed by atoms with Crippen LogP contribution in [0.4, 0.5) is 5.69 Å². The number of carbonyl (C=O) groups excluding carboxylic acids is 1. The van der Waals surface area contributed by atoms with Crippen LogP contribution in [0.2, 0.25) is 0 Å². The first-order valence-corrected chi connectivity index (χ1v) is 12.7. The smallest absolute Gasteiger partial charge is 0.376 e. The van der Waals surface area contributed by atoms with Gasteiger partial charge in [0.25, 0.3) is 0 Å². The Morgan fingerprint density at radius 1 is 0.923 bits per heavy atom. The van der Waals surface area contributed by atoms with E-state index in [2.05, 4.69) is 0 Å². The Labute approximate surface area is 227 Å². The standard InChI is InChI=1S/C30H31N5O4/c1-6-39-30(36)28-32-35(23-15-12-20(2)13-16-23)29(33(28)3)24-19-34(22-10-8-7-9-11-22)31-27(24)21-14-17-25(37-4)26(18-21)38-5/h7-19,29H,6H2,1-5H3. The van der Waals surface area contributed by atoms with Crippen molar-refractivity contribution in [3.63, 3.8) is 0 Å². The van der Waals surface area contributed by atoms with Gasteiger partial charge in [-0.25, -0.2) is 14.5 Å². The van der Waals surface area contributed by atoms with Crippen LogP contribution in [0, 0.1) is 6.92 Å². The van der Waals surface area contributed by atoms with Crippen LogP contribution in [0.25, 0.3) is 16.9 Å². The Bertz CT molecular complexity index is 1500. The number of anilines is 1. The van der Waals surface area contributed by atoms with Crippen molar-refractivity contribution in [2.75, 3.05) is 32.9 Å². The van der Waals surface area contributed by atoms with E-state index in [4.69, 9.17) is 24.4 Å². The number of methoxy groups -OCH3 is 2. The van der Waals surface area contributed by atoms with E-state index in [1.54, 1.807) is 21.1 Å². The lowest BCUT2D eigenvalue weighted by molar-refractivity contribution is -0.135. The lowest BCUT2D eigenvalue weighted by Crippen LogP contribution is -2.36. The number of ether oxygens (including phenoxy) is 3. The van der Waals surface area contributed by atoms with E-state index in [0.29, 0.717) is 17.2 Å². The predicted octanol–water partition coefficient (Wildman–Crippen LogP) is 5.19. The third-order valence-corrected chi connectivity index (χ3v) is 6.59. The number of nitrogens with zero attached hydrogens (tertiary/aromatic N) is 5. The molecular formula is C30H31N5O4. The van der Waals surface area contributed by atoms with Crippen molar-refractivity contribution >= 4 is 17.5 Å². The number of amidine groups is 1. The first kappa shape index (κ1) is 25.8. The Morgan fingerprint density at radius 2 is 1.64 bits per heavy atom. The molecule has 39 heavy (non-hydrogen) atoms. The van der Waals surface area contributed by atoms with Gasteiger partial charge in [0.05, 0.1) is 32.2 Å². The molecule has 0 fully saturated rings. The van der Waals surface area contributed by atoms with Crippen LogP contribution >= 0.6 is 0 Å². The summed E-state index contributed by atoms with van der Waals surface area (Å²) in [6.07, 6.45) is 1.50. The molecule has 1 unspecified atom stereocenters. The minimum atomic E-state index is -0.484. The van der Waals surface area contributed by atoms with Gasteiger partial charge in [0.1, 0.15) is 5.69 Å². The van der Waals surface area contributed by atoms with Crippen molar-refractivity contribution in [2.45, 2.75) is 20.0 Å². The molecule has 0 saturated heterocycles. The van der Waals surface area contributed by atoms with Crippen molar-refractivity contribution in [3.8, 4) is 28.4 Å². The fourth-order valence-electron chi connectivity index (χ4n) is 4.62. The lowest BCUT2D eigenvalue weighted by Gasteiger charge is -2.29. The molecular weight excluding hydrogens is 494 g/mol. The average Bonchev–Trinajstić information content (AvgIpc) is 3.55. The van der Waals surface area contributed by atoms with E-state index in [9.17, 15) is 4.79 Å². The van der Waals surface area contributed by atoms with Gasteiger partial charge in [0.15, 0.2) is 17.7 Å². The number of benzene rings is 3. The highest BCUT2D eigenvalue weighted by Gasteiger charge is 2.40. The van der Waals surface area contributed by atoms with Gasteiger partial charge in [-0.15, -0.1) is 5.10 Å². The molecule has 0 aliphatic carbocycles. The normalized spacial score (nSPS) is 14.8. The number of para-hydroxylation sites is 1. The Balaban J connectivity index is 1.70. The number of hydrazone groups is 1. The topological polar surface area (TPSA) is 81.4 Å². The molecule has 9 nitrogen and oxygen atoms in total. The first-order valence-electron chi connectivity index (χ1n) is 12.7. The third kappa shape index (κ3) is 4.90. The van der Waals surface area contributed by atoms with Gasteiger partial charge in [-0.2, -0.15) is 5.10 Å². The van der Waals surface area contributed by atoms with E-state index in [0.717, 1.165) is 28.1 Å². The number of aromatic nitrogens is 2. The minimum Gasteiger partial charge on any atom is -0.493 e. The van der Waals surface area contributed by atoms with E-state index in [1.165, 1.54) is 0 Å². The molecule has 4 aromatic rings. The van der Waals surface area contributed by atoms with E-state index in [-0.39, 0.29) is 12.4 Å². The van der Waals surface area contributed by atoms with Crippen molar-refractivity contribution in [3.05, 3.63) is 90.1 Å². The molecule has 1 aromatic heterocycles. The summed E-state index contributed by atoms with van der Waals surface area (Å²) in [6.45, 7) is 4.06. The van der Waals surface area contributed by atoms with Gasteiger partial charge in [-0.05, 0) is 56.3 Å². The van der Waals surface area contributed by atoms with Crippen LogP contribution < -0.4 is 14.5 Å².